The quantitative estimate of drug-likeness (QED) is 0.579. The second-order valence-corrected chi connectivity index (χ2v) is 6.74. The second-order valence-electron chi connectivity index (χ2n) is 6.74. The summed E-state index contributed by atoms with van der Waals surface area (Å²) in [5.74, 6) is 0.919. The molecule has 6 heteroatoms. The van der Waals surface area contributed by atoms with Crippen LogP contribution in [-0.4, -0.2) is 31.6 Å². The molecular formula is C21H20N4O2. The third kappa shape index (κ3) is 3.51. The van der Waals surface area contributed by atoms with Gasteiger partial charge in [0.05, 0.1) is 23.8 Å². The monoisotopic (exact) mass is 360 g/mol. The summed E-state index contributed by atoms with van der Waals surface area (Å²) in [5, 5.41) is 12.1. The van der Waals surface area contributed by atoms with Gasteiger partial charge in [-0.2, -0.15) is 0 Å². The zero-order valence-corrected chi connectivity index (χ0v) is 15.3. The van der Waals surface area contributed by atoms with Crippen molar-refractivity contribution >= 4 is 21.8 Å². The summed E-state index contributed by atoms with van der Waals surface area (Å²) in [6.45, 7) is 4.62. The fourth-order valence-corrected chi connectivity index (χ4v) is 3.04. The van der Waals surface area contributed by atoms with Gasteiger partial charge in [-0.05, 0) is 30.2 Å². The minimum atomic E-state index is 0.0146. The van der Waals surface area contributed by atoms with Gasteiger partial charge in [0.1, 0.15) is 0 Å². The van der Waals surface area contributed by atoms with Crippen LogP contribution in [-0.2, 0) is 6.42 Å². The maximum atomic E-state index is 10.2. The van der Waals surface area contributed by atoms with Gasteiger partial charge in [0.15, 0.2) is 0 Å². The number of rotatable bonds is 5. The first-order valence-corrected chi connectivity index (χ1v) is 8.92. The van der Waals surface area contributed by atoms with Crippen LogP contribution in [0.1, 0.15) is 30.9 Å². The van der Waals surface area contributed by atoms with E-state index in [2.05, 4.69) is 39.8 Å². The van der Waals surface area contributed by atoms with E-state index in [-0.39, 0.29) is 11.8 Å². The largest absolute Gasteiger partial charge is 0.493 e. The molecule has 0 aromatic carbocycles. The molecule has 4 heterocycles. The first-order chi connectivity index (χ1) is 13.1. The molecule has 4 rings (SSSR count). The van der Waals surface area contributed by atoms with E-state index in [1.165, 1.54) is 0 Å². The minimum Gasteiger partial charge on any atom is -0.493 e. The van der Waals surface area contributed by atoms with Gasteiger partial charge < -0.3 is 9.84 Å². The molecule has 0 aliphatic rings. The Morgan fingerprint density at radius 3 is 2.63 bits per heavy atom. The topological polar surface area (TPSA) is 81.0 Å². The zero-order chi connectivity index (χ0) is 18.8. The van der Waals surface area contributed by atoms with E-state index in [1.807, 2.05) is 24.4 Å². The number of nitrogens with zero attached hydrogens (tertiary/aromatic N) is 4. The maximum absolute atomic E-state index is 10.2. The van der Waals surface area contributed by atoms with Gasteiger partial charge in [-0.15, -0.1) is 0 Å². The van der Waals surface area contributed by atoms with Gasteiger partial charge in [-0.25, -0.2) is 9.97 Å². The lowest BCUT2D eigenvalue weighted by atomic mass is 10.0. The highest BCUT2D eigenvalue weighted by Gasteiger charge is 2.13. The van der Waals surface area contributed by atoms with Crippen molar-refractivity contribution in [2.75, 3.05) is 6.61 Å². The molecule has 0 fully saturated rings. The predicted octanol–water partition coefficient (Wildman–Crippen LogP) is 4.02. The number of hydrogen-bond acceptors (Lipinski definition) is 6. The van der Waals surface area contributed by atoms with Crippen molar-refractivity contribution in [3.8, 4) is 11.8 Å². The summed E-state index contributed by atoms with van der Waals surface area (Å²) >= 11 is 0. The number of aromatic hydroxyl groups is 1. The lowest BCUT2D eigenvalue weighted by Gasteiger charge is -2.14. The Bertz CT molecular complexity index is 1110. The molecule has 0 aliphatic carbocycles. The molecule has 0 unspecified atom stereocenters. The predicted molar refractivity (Wildman–Crippen MR) is 104 cm³/mol. The highest BCUT2D eigenvalue weighted by Crippen LogP contribution is 2.28. The Labute approximate surface area is 156 Å². The number of pyridine rings is 4. The molecule has 0 spiro atoms. The normalized spacial score (nSPS) is 11.4. The van der Waals surface area contributed by atoms with Crippen LogP contribution in [0.15, 0.2) is 49.1 Å². The van der Waals surface area contributed by atoms with Crippen molar-refractivity contribution in [2.24, 2.45) is 0 Å². The average Bonchev–Trinajstić information content (AvgIpc) is 2.67. The Balaban J connectivity index is 1.57. The number of aromatic nitrogens is 4. The third-order valence-corrected chi connectivity index (χ3v) is 4.52. The van der Waals surface area contributed by atoms with Crippen molar-refractivity contribution in [3.05, 3.63) is 60.2 Å². The van der Waals surface area contributed by atoms with Crippen molar-refractivity contribution in [2.45, 2.75) is 26.2 Å². The Morgan fingerprint density at radius 2 is 1.78 bits per heavy atom. The van der Waals surface area contributed by atoms with Gasteiger partial charge >= 0.3 is 0 Å². The molecule has 0 amide bonds. The van der Waals surface area contributed by atoms with E-state index in [9.17, 15) is 5.11 Å². The molecule has 136 valence electrons. The molecule has 0 saturated carbocycles. The van der Waals surface area contributed by atoms with E-state index in [1.54, 1.807) is 18.6 Å². The fourth-order valence-electron chi connectivity index (χ4n) is 3.04. The lowest BCUT2D eigenvalue weighted by molar-refractivity contribution is 0.303. The van der Waals surface area contributed by atoms with E-state index >= 15 is 0 Å². The van der Waals surface area contributed by atoms with Crippen molar-refractivity contribution in [1.82, 2.24) is 19.9 Å². The summed E-state index contributed by atoms with van der Waals surface area (Å²) in [7, 11) is 0. The summed E-state index contributed by atoms with van der Waals surface area (Å²) in [6, 6.07) is 7.75. The highest BCUT2D eigenvalue weighted by molar-refractivity contribution is 5.79. The smallest absolute Gasteiger partial charge is 0.217 e. The van der Waals surface area contributed by atoms with Crippen molar-refractivity contribution in [1.29, 1.82) is 0 Å². The molecule has 27 heavy (non-hydrogen) atoms. The Kier molecular flexibility index (Phi) is 4.54. The van der Waals surface area contributed by atoms with Crippen LogP contribution in [0, 0.1) is 0 Å². The fraction of sp³-hybridized carbons (Fsp3) is 0.238. The summed E-state index contributed by atoms with van der Waals surface area (Å²) in [5.41, 5.74) is 3.31. The SMILES string of the molecule is CC(C)c1cc2cnccc2nc1OCCc1cc2ccncc2nc1O. The van der Waals surface area contributed by atoms with Crippen LogP contribution in [0.5, 0.6) is 11.8 Å². The molecule has 0 radical (unpaired) electrons. The molecule has 4 aromatic rings. The van der Waals surface area contributed by atoms with Crippen LogP contribution >= 0.6 is 0 Å². The Hall–Kier alpha value is -3.28. The number of hydrogen-bond donors (Lipinski definition) is 1. The summed E-state index contributed by atoms with van der Waals surface area (Å²) < 4.78 is 5.99. The Morgan fingerprint density at radius 1 is 0.963 bits per heavy atom. The van der Waals surface area contributed by atoms with Gasteiger partial charge in [0, 0.05) is 46.9 Å². The molecule has 0 bridgehead atoms. The molecule has 1 N–H and O–H groups in total. The van der Waals surface area contributed by atoms with Crippen LogP contribution in [0.4, 0.5) is 0 Å². The number of fused-ring (bicyclic) bond motifs is 2. The van der Waals surface area contributed by atoms with Gasteiger partial charge in [-0.3, -0.25) is 9.97 Å². The second kappa shape index (κ2) is 7.15. The van der Waals surface area contributed by atoms with Gasteiger partial charge in [0.2, 0.25) is 11.8 Å². The van der Waals surface area contributed by atoms with Crippen LogP contribution in [0.3, 0.4) is 0 Å². The first-order valence-electron chi connectivity index (χ1n) is 8.92. The van der Waals surface area contributed by atoms with Crippen molar-refractivity contribution < 1.29 is 9.84 Å². The molecule has 6 nitrogen and oxygen atoms in total. The lowest BCUT2D eigenvalue weighted by Crippen LogP contribution is -2.07. The summed E-state index contributed by atoms with van der Waals surface area (Å²) in [6.07, 6.45) is 7.42. The van der Waals surface area contributed by atoms with Crippen molar-refractivity contribution in [3.63, 3.8) is 0 Å². The van der Waals surface area contributed by atoms with E-state index in [0.29, 0.717) is 24.4 Å². The summed E-state index contributed by atoms with van der Waals surface area (Å²) in [4.78, 5) is 17.0. The third-order valence-electron chi connectivity index (χ3n) is 4.52. The number of ether oxygens (including phenoxy) is 1. The van der Waals surface area contributed by atoms with Gasteiger partial charge in [0.25, 0.3) is 0 Å². The molecular weight excluding hydrogens is 340 g/mol. The van der Waals surface area contributed by atoms with E-state index in [0.717, 1.165) is 27.4 Å². The van der Waals surface area contributed by atoms with E-state index < -0.39 is 0 Å². The van der Waals surface area contributed by atoms with E-state index in [4.69, 9.17) is 4.74 Å². The molecule has 0 saturated heterocycles. The molecule has 4 aromatic heterocycles. The van der Waals surface area contributed by atoms with Crippen LogP contribution < -0.4 is 4.74 Å². The molecule has 0 atom stereocenters. The molecule has 0 aliphatic heterocycles. The highest BCUT2D eigenvalue weighted by atomic mass is 16.5. The van der Waals surface area contributed by atoms with Crippen LogP contribution in [0.2, 0.25) is 0 Å². The maximum Gasteiger partial charge on any atom is 0.217 e. The first kappa shape index (κ1) is 17.1. The standard InChI is InChI=1S/C21H20N4O2/c1-13(2)17-10-16-11-22-7-4-18(16)25-21(17)27-8-5-15-9-14-3-6-23-12-19(14)24-20(15)26/h3-4,6-7,9-13H,5,8H2,1-2H3,(H,24,26). The average molecular weight is 360 g/mol. The van der Waals surface area contributed by atoms with Gasteiger partial charge in [-0.1, -0.05) is 13.8 Å². The zero-order valence-electron chi connectivity index (χ0n) is 15.3. The van der Waals surface area contributed by atoms with Crippen LogP contribution in [0.25, 0.3) is 21.8 Å². The minimum absolute atomic E-state index is 0.0146.